The lowest BCUT2D eigenvalue weighted by Gasteiger charge is -2.40. The molecule has 6 amide bonds. The molecular formula is C51H75F2N9O11S. The number of ether oxygens (including phenoxy) is 4. The maximum absolute atomic E-state index is 15.1. The van der Waals surface area contributed by atoms with E-state index in [-0.39, 0.29) is 56.2 Å². The van der Waals surface area contributed by atoms with Crippen LogP contribution in [0.3, 0.4) is 0 Å². The van der Waals surface area contributed by atoms with Crippen LogP contribution in [0, 0.1) is 17.0 Å². The normalized spacial score (nSPS) is 14.5. The van der Waals surface area contributed by atoms with Crippen LogP contribution >= 0.6 is 11.8 Å². The number of nitrogens with two attached hydrogens (primary N) is 2. The molecule has 1 saturated heterocycles. The lowest BCUT2D eigenvalue weighted by Crippen LogP contribution is -2.48. The number of thioether (sulfide) groups is 1. The van der Waals surface area contributed by atoms with Crippen LogP contribution in [-0.2, 0) is 54.3 Å². The van der Waals surface area contributed by atoms with Crippen molar-refractivity contribution in [1.82, 2.24) is 35.3 Å². The molecule has 1 aromatic heterocycles. The van der Waals surface area contributed by atoms with E-state index in [2.05, 4.69) is 16.0 Å². The molecule has 2 unspecified atom stereocenters. The Labute approximate surface area is 436 Å². The predicted molar refractivity (Wildman–Crippen MR) is 274 cm³/mol. The van der Waals surface area contributed by atoms with Crippen LogP contribution in [0.15, 0.2) is 54.7 Å². The van der Waals surface area contributed by atoms with Gasteiger partial charge in [0, 0.05) is 63.1 Å². The summed E-state index contributed by atoms with van der Waals surface area (Å²) in [6.07, 6.45) is 4.66. The SMILES string of the molecule is CC(C)(C)[C@H](c1nc(-c2cc(F)ccc2F)cn1Cc1ccccc1)N(CCC(N)C(=O)NCCNC(=O)CN1C(=O)CC(SCCOCCOCCOCCOCCC(=O)NCCCCCN)C1=O)C(=O)CO. The number of hydrogen-bond acceptors (Lipinski definition) is 15. The first-order valence-electron chi connectivity index (χ1n) is 25.0. The fourth-order valence-electron chi connectivity index (χ4n) is 7.88. The van der Waals surface area contributed by atoms with Gasteiger partial charge in [0.05, 0.1) is 75.9 Å². The summed E-state index contributed by atoms with van der Waals surface area (Å²) < 4.78 is 53.2. The first kappa shape index (κ1) is 61.1. The molecule has 0 bridgehead atoms. The number of carbonyl (C=O) groups is 6. The molecule has 0 spiro atoms. The molecule has 1 aliphatic rings. The predicted octanol–water partition coefficient (Wildman–Crippen LogP) is 2.30. The van der Waals surface area contributed by atoms with Crippen molar-refractivity contribution in [3.05, 3.63) is 77.8 Å². The number of imidazole rings is 1. The van der Waals surface area contributed by atoms with Gasteiger partial charge < -0.3 is 60.9 Å². The van der Waals surface area contributed by atoms with E-state index < -0.39 is 77.1 Å². The fraction of sp³-hybridized carbons (Fsp3) is 0.588. The quantitative estimate of drug-likeness (QED) is 0.0360. The third-order valence-corrected chi connectivity index (χ3v) is 12.8. The highest BCUT2D eigenvalue weighted by Gasteiger charge is 2.40. The molecule has 20 nitrogen and oxygen atoms in total. The fourth-order valence-corrected chi connectivity index (χ4v) is 8.91. The lowest BCUT2D eigenvalue weighted by molar-refractivity contribution is -0.142. The molecule has 4 rings (SSSR count). The molecule has 0 radical (unpaired) electrons. The molecular weight excluding hydrogens is 985 g/mol. The van der Waals surface area contributed by atoms with Crippen LogP contribution in [-0.4, -0.2) is 176 Å². The maximum atomic E-state index is 15.1. The molecule has 0 aliphatic carbocycles. The number of likely N-dealkylation sites (tertiary alicyclic amines) is 1. The summed E-state index contributed by atoms with van der Waals surface area (Å²) in [5, 5.41) is 17.6. The second-order valence-corrected chi connectivity index (χ2v) is 19.9. The van der Waals surface area contributed by atoms with Crippen molar-refractivity contribution in [2.24, 2.45) is 16.9 Å². The van der Waals surface area contributed by atoms with Gasteiger partial charge in [0.1, 0.15) is 30.6 Å². The van der Waals surface area contributed by atoms with E-state index in [4.69, 9.17) is 35.4 Å². The van der Waals surface area contributed by atoms with Crippen LogP contribution < -0.4 is 27.4 Å². The van der Waals surface area contributed by atoms with Crippen molar-refractivity contribution in [3.8, 4) is 11.3 Å². The lowest BCUT2D eigenvalue weighted by atomic mass is 9.84. The van der Waals surface area contributed by atoms with E-state index in [0.717, 1.165) is 47.9 Å². The molecule has 410 valence electrons. The number of unbranched alkanes of at least 4 members (excludes halogenated alkanes) is 2. The Morgan fingerprint density at radius 3 is 2.18 bits per heavy atom. The number of amides is 6. The summed E-state index contributed by atoms with van der Waals surface area (Å²) >= 11 is 1.27. The zero-order chi connectivity index (χ0) is 53.9. The molecule has 23 heteroatoms. The van der Waals surface area contributed by atoms with Gasteiger partial charge in [0.25, 0.3) is 0 Å². The van der Waals surface area contributed by atoms with Crippen LogP contribution in [0.1, 0.15) is 76.7 Å². The van der Waals surface area contributed by atoms with Gasteiger partial charge in [-0.3, -0.25) is 33.7 Å². The Balaban J connectivity index is 1.13. The smallest absolute Gasteiger partial charge is 0.248 e. The van der Waals surface area contributed by atoms with Gasteiger partial charge in [-0.15, -0.1) is 11.8 Å². The third-order valence-electron chi connectivity index (χ3n) is 11.6. The largest absolute Gasteiger partial charge is 0.387 e. The van der Waals surface area contributed by atoms with Gasteiger partial charge in [-0.1, -0.05) is 57.5 Å². The van der Waals surface area contributed by atoms with Gasteiger partial charge in [0.2, 0.25) is 35.4 Å². The number of aromatic nitrogens is 2. The highest BCUT2D eigenvalue weighted by Crippen LogP contribution is 2.39. The Bertz CT molecular complexity index is 2240. The van der Waals surface area contributed by atoms with Crippen molar-refractivity contribution >= 4 is 47.2 Å². The molecule has 1 fully saturated rings. The number of benzene rings is 2. The number of hydrogen-bond donors (Lipinski definition) is 6. The second kappa shape index (κ2) is 32.8. The summed E-state index contributed by atoms with van der Waals surface area (Å²) in [6, 6.07) is 10.5. The number of imide groups is 1. The van der Waals surface area contributed by atoms with E-state index in [1.165, 1.54) is 16.7 Å². The van der Waals surface area contributed by atoms with Crippen LogP contribution in [0.5, 0.6) is 0 Å². The van der Waals surface area contributed by atoms with E-state index >= 15 is 4.39 Å². The molecule has 0 saturated carbocycles. The van der Waals surface area contributed by atoms with Crippen molar-refractivity contribution < 1.29 is 61.6 Å². The zero-order valence-corrected chi connectivity index (χ0v) is 43.6. The van der Waals surface area contributed by atoms with E-state index in [1.807, 2.05) is 51.1 Å². The van der Waals surface area contributed by atoms with E-state index in [9.17, 15) is 38.3 Å². The summed E-state index contributed by atoms with van der Waals surface area (Å²) in [5.74, 6) is -3.39. The van der Waals surface area contributed by atoms with Gasteiger partial charge in [-0.2, -0.15) is 0 Å². The number of aliphatic hydroxyl groups excluding tert-OH is 1. The number of aliphatic hydroxyl groups is 1. The van der Waals surface area contributed by atoms with E-state index in [0.29, 0.717) is 83.9 Å². The van der Waals surface area contributed by atoms with Gasteiger partial charge in [0.15, 0.2) is 0 Å². The topological polar surface area (TPSA) is 272 Å². The highest BCUT2D eigenvalue weighted by molar-refractivity contribution is 8.00. The summed E-state index contributed by atoms with van der Waals surface area (Å²) in [7, 11) is 0. The molecule has 1 aliphatic heterocycles. The molecule has 2 aromatic carbocycles. The van der Waals surface area contributed by atoms with Gasteiger partial charge in [-0.05, 0) is 55.0 Å². The second-order valence-electron chi connectivity index (χ2n) is 18.6. The summed E-state index contributed by atoms with van der Waals surface area (Å²) in [5.41, 5.74) is 12.0. The van der Waals surface area contributed by atoms with Crippen LogP contribution in [0.2, 0.25) is 0 Å². The Kier molecular flexibility index (Phi) is 27.1. The Morgan fingerprint density at radius 1 is 0.865 bits per heavy atom. The average Bonchev–Trinajstić information content (AvgIpc) is 3.89. The van der Waals surface area contributed by atoms with Crippen molar-refractivity contribution in [1.29, 1.82) is 0 Å². The third kappa shape index (κ3) is 21.1. The Morgan fingerprint density at radius 2 is 1.51 bits per heavy atom. The average molecular weight is 1060 g/mol. The first-order valence-corrected chi connectivity index (χ1v) is 26.1. The number of nitrogens with zero attached hydrogens (tertiary/aromatic N) is 4. The monoisotopic (exact) mass is 1060 g/mol. The minimum absolute atomic E-state index is 0.0340. The first-order chi connectivity index (χ1) is 35.5. The Hall–Kier alpha value is -5.40. The molecule has 3 atom stereocenters. The van der Waals surface area contributed by atoms with Crippen molar-refractivity contribution in [2.45, 2.75) is 83.2 Å². The number of rotatable bonds is 36. The number of halogens is 2. The van der Waals surface area contributed by atoms with Crippen molar-refractivity contribution in [3.63, 3.8) is 0 Å². The van der Waals surface area contributed by atoms with Gasteiger partial charge in [-0.25, -0.2) is 13.8 Å². The van der Waals surface area contributed by atoms with Gasteiger partial charge >= 0.3 is 0 Å². The zero-order valence-electron chi connectivity index (χ0n) is 42.8. The molecule has 8 N–H and O–H groups in total. The number of nitrogens with one attached hydrogen (secondary N) is 3. The minimum atomic E-state index is -1.13. The molecule has 74 heavy (non-hydrogen) atoms. The highest BCUT2D eigenvalue weighted by atomic mass is 32.2. The van der Waals surface area contributed by atoms with Crippen molar-refractivity contribution in [2.75, 3.05) is 104 Å². The summed E-state index contributed by atoms with van der Waals surface area (Å²) in [6.45, 7) is 8.47. The van der Waals surface area contributed by atoms with Crippen LogP contribution in [0.25, 0.3) is 11.3 Å². The maximum Gasteiger partial charge on any atom is 0.248 e. The minimum Gasteiger partial charge on any atom is -0.387 e. The number of carbonyl (C=O) groups excluding carboxylic acids is 6. The van der Waals surface area contributed by atoms with E-state index in [1.54, 1.807) is 10.8 Å². The molecule has 3 aromatic rings. The molecule has 2 heterocycles. The summed E-state index contributed by atoms with van der Waals surface area (Å²) in [4.78, 5) is 83.9. The van der Waals surface area contributed by atoms with Crippen LogP contribution in [0.4, 0.5) is 8.78 Å². The standard InChI is InChI=1S/C51H75F2N9O11S/c1-51(2,3)47(48-59-41(38-30-37(52)12-13-39(38)53)33-60(48)32-36-10-6-4-7-11-36)61(46(67)35-63)20-14-40(55)49(68)58-19-18-57-44(65)34-62-45(66)31-42(50(62)69)74-29-28-73-27-26-72-25-24-71-23-22-70-21-15-43(64)56-17-9-5-8-16-54/h4,6-7,10-13,30,33,40,42,47,63H,5,8-9,14-29,31-32,34-35,54-55H2,1-3H3,(H,56,64)(H,57,65)(H,58,68)/t40?,42?,47-/m0/s1.